The van der Waals surface area contributed by atoms with Crippen LogP contribution in [0.4, 0.5) is 0 Å². The van der Waals surface area contributed by atoms with Gasteiger partial charge in [0.25, 0.3) is 0 Å². The van der Waals surface area contributed by atoms with E-state index in [1.54, 1.807) is 0 Å². The molecule has 1 fully saturated rings. The fourth-order valence-corrected chi connectivity index (χ4v) is 3.27. The van der Waals surface area contributed by atoms with Gasteiger partial charge < -0.3 is 15.5 Å². The highest BCUT2D eigenvalue weighted by atomic mass is 15.3. The summed E-state index contributed by atoms with van der Waals surface area (Å²) in [4.78, 5) is 5.15. The Labute approximate surface area is 130 Å². The highest BCUT2D eigenvalue weighted by Gasteiger charge is 2.31. The maximum atomic E-state index is 6.53. The molecule has 3 heteroatoms. The Morgan fingerprint density at radius 3 is 2.19 bits per heavy atom. The number of rotatable bonds is 6. The second kappa shape index (κ2) is 7.39. The summed E-state index contributed by atoms with van der Waals surface area (Å²) in [6, 6.07) is 10.6. The lowest BCUT2D eigenvalue weighted by atomic mass is 9.80. The van der Waals surface area contributed by atoms with Gasteiger partial charge in [-0.1, -0.05) is 51.1 Å². The van der Waals surface area contributed by atoms with Crippen molar-refractivity contribution < 1.29 is 0 Å². The molecule has 0 bridgehead atoms. The summed E-state index contributed by atoms with van der Waals surface area (Å²) in [5.41, 5.74) is 7.86. The summed E-state index contributed by atoms with van der Waals surface area (Å²) in [5, 5.41) is 0. The molecule has 0 aromatic heterocycles. The maximum absolute atomic E-state index is 6.53. The minimum Gasteiger partial charge on any atom is -0.323 e. The van der Waals surface area contributed by atoms with Gasteiger partial charge in [0.05, 0.1) is 0 Å². The van der Waals surface area contributed by atoms with E-state index in [2.05, 4.69) is 60.9 Å². The van der Waals surface area contributed by atoms with E-state index < -0.39 is 0 Å². The first-order valence-corrected chi connectivity index (χ1v) is 8.28. The van der Waals surface area contributed by atoms with Crippen molar-refractivity contribution in [2.45, 2.75) is 33.2 Å². The van der Waals surface area contributed by atoms with Crippen molar-refractivity contribution in [3.8, 4) is 0 Å². The first-order valence-electron chi connectivity index (χ1n) is 8.28. The molecule has 3 nitrogen and oxygen atoms in total. The van der Waals surface area contributed by atoms with Crippen LogP contribution < -0.4 is 5.73 Å². The van der Waals surface area contributed by atoms with Gasteiger partial charge in [-0.2, -0.15) is 0 Å². The summed E-state index contributed by atoms with van der Waals surface area (Å²) in [5.74, 6) is 0. The van der Waals surface area contributed by atoms with Gasteiger partial charge in [0, 0.05) is 38.8 Å². The second-order valence-electron chi connectivity index (χ2n) is 6.99. The van der Waals surface area contributed by atoms with Crippen LogP contribution in [0, 0.1) is 5.41 Å². The van der Waals surface area contributed by atoms with E-state index in [9.17, 15) is 0 Å². The first kappa shape index (κ1) is 16.5. The van der Waals surface area contributed by atoms with Crippen LogP contribution >= 0.6 is 0 Å². The Bertz CT molecular complexity index is 408. The van der Waals surface area contributed by atoms with Crippen LogP contribution in [-0.4, -0.2) is 49.1 Å². The van der Waals surface area contributed by atoms with Crippen LogP contribution in [0.5, 0.6) is 0 Å². The number of hydrogen-bond acceptors (Lipinski definition) is 3. The molecule has 2 rings (SSSR count). The second-order valence-corrected chi connectivity index (χ2v) is 6.99. The quantitative estimate of drug-likeness (QED) is 0.874. The van der Waals surface area contributed by atoms with Crippen molar-refractivity contribution >= 4 is 0 Å². The predicted octanol–water partition coefficient (Wildman–Crippen LogP) is 2.74. The summed E-state index contributed by atoms with van der Waals surface area (Å²) < 4.78 is 0. The number of benzene rings is 1. The number of nitrogens with two attached hydrogens (primary N) is 1. The van der Waals surface area contributed by atoms with Crippen LogP contribution in [0.2, 0.25) is 0 Å². The van der Waals surface area contributed by atoms with Crippen LogP contribution in [-0.2, 0) is 0 Å². The molecule has 21 heavy (non-hydrogen) atoms. The van der Waals surface area contributed by atoms with E-state index in [1.165, 1.54) is 44.7 Å². The molecule has 1 heterocycles. The average molecular weight is 289 g/mol. The lowest BCUT2D eigenvalue weighted by Gasteiger charge is -2.41. The smallest absolute Gasteiger partial charge is 0.0359 e. The van der Waals surface area contributed by atoms with Crippen molar-refractivity contribution in [3.05, 3.63) is 35.9 Å². The van der Waals surface area contributed by atoms with Crippen molar-refractivity contribution in [1.82, 2.24) is 9.80 Å². The van der Waals surface area contributed by atoms with Gasteiger partial charge >= 0.3 is 0 Å². The van der Waals surface area contributed by atoms with E-state index in [0.717, 1.165) is 6.54 Å². The van der Waals surface area contributed by atoms with Crippen LogP contribution in [0.1, 0.15) is 38.8 Å². The molecule has 1 saturated heterocycles. The molecular formula is C18H31N3. The van der Waals surface area contributed by atoms with Crippen molar-refractivity contribution in [2.24, 2.45) is 11.1 Å². The fraction of sp³-hybridized carbons (Fsp3) is 0.667. The topological polar surface area (TPSA) is 32.5 Å². The third-order valence-corrected chi connectivity index (χ3v) is 4.64. The zero-order chi connectivity index (χ0) is 15.3. The molecule has 0 spiro atoms. The Hall–Kier alpha value is -0.900. The normalized spacial score (nSPS) is 19.6. The molecule has 1 aromatic rings. The molecule has 2 N–H and O–H groups in total. The summed E-state index contributed by atoms with van der Waals surface area (Å²) >= 11 is 0. The molecule has 1 atom stereocenters. The van der Waals surface area contributed by atoms with Crippen molar-refractivity contribution in [1.29, 1.82) is 0 Å². The number of nitrogens with zero attached hydrogens (tertiary/aromatic N) is 2. The molecule has 0 aliphatic carbocycles. The van der Waals surface area contributed by atoms with Crippen molar-refractivity contribution in [2.75, 3.05) is 39.3 Å². The molecule has 0 radical (unpaired) electrons. The lowest BCUT2D eigenvalue weighted by molar-refractivity contribution is 0.0867. The van der Waals surface area contributed by atoms with Gasteiger partial charge in [-0.25, -0.2) is 0 Å². The van der Waals surface area contributed by atoms with Crippen LogP contribution in [0.15, 0.2) is 30.3 Å². The van der Waals surface area contributed by atoms with E-state index in [1.807, 2.05) is 0 Å². The standard InChI is InChI=1S/C18H31N3/c1-4-10-20-11-13-21(14-12-20)15-18(2,3)17(19)16-8-6-5-7-9-16/h5-9,17H,4,10-15,19H2,1-3H3. The minimum atomic E-state index is 0.0902. The molecule has 0 amide bonds. The largest absolute Gasteiger partial charge is 0.323 e. The van der Waals surface area contributed by atoms with Crippen LogP contribution in [0.3, 0.4) is 0 Å². The van der Waals surface area contributed by atoms with Gasteiger partial charge in [-0.3, -0.25) is 0 Å². The summed E-state index contributed by atoms with van der Waals surface area (Å²) in [7, 11) is 0. The summed E-state index contributed by atoms with van der Waals surface area (Å²) in [6.45, 7) is 13.9. The molecule has 0 saturated carbocycles. The monoisotopic (exact) mass is 289 g/mol. The van der Waals surface area contributed by atoms with E-state index in [4.69, 9.17) is 5.73 Å². The lowest BCUT2D eigenvalue weighted by Crippen LogP contribution is -2.50. The average Bonchev–Trinajstić information content (AvgIpc) is 2.49. The maximum Gasteiger partial charge on any atom is 0.0359 e. The zero-order valence-corrected chi connectivity index (χ0v) is 13.9. The first-order chi connectivity index (χ1) is 10.0. The molecular weight excluding hydrogens is 258 g/mol. The van der Waals surface area contributed by atoms with Gasteiger partial charge in [-0.05, 0) is 23.9 Å². The predicted molar refractivity (Wildman–Crippen MR) is 90.3 cm³/mol. The number of piperazine rings is 1. The molecule has 1 aliphatic heterocycles. The SMILES string of the molecule is CCCN1CCN(CC(C)(C)C(N)c2ccccc2)CC1. The Kier molecular flexibility index (Phi) is 5.80. The molecule has 1 aliphatic rings. The van der Waals surface area contributed by atoms with Gasteiger partial charge in [-0.15, -0.1) is 0 Å². The Morgan fingerprint density at radius 2 is 1.62 bits per heavy atom. The highest BCUT2D eigenvalue weighted by Crippen LogP contribution is 2.32. The Morgan fingerprint density at radius 1 is 1.05 bits per heavy atom. The van der Waals surface area contributed by atoms with Gasteiger partial charge in [0.1, 0.15) is 0 Å². The fourth-order valence-electron chi connectivity index (χ4n) is 3.27. The van der Waals surface area contributed by atoms with Gasteiger partial charge in [0.15, 0.2) is 0 Å². The van der Waals surface area contributed by atoms with E-state index >= 15 is 0 Å². The van der Waals surface area contributed by atoms with Gasteiger partial charge in [0.2, 0.25) is 0 Å². The third-order valence-electron chi connectivity index (χ3n) is 4.64. The Balaban J connectivity index is 1.89. The van der Waals surface area contributed by atoms with Crippen molar-refractivity contribution in [3.63, 3.8) is 0 Å². The molecule has 1 aromatic carbocycles. The summed E-state index contributed by atoms with van der Waals surface area (Å²) in [6.07, 6.45) is 1.25. The van der Waals surface area contributed by atoms with Crippen LogP contribution in [0.25, 0.3) is 0 Å². The molecule has 1 unspecified atom stereocenters. The van der Waals surface area contributed by atoms with E-state index in [0.29, 0.717) is 0 Å². The molecule has 118 valence electrons. The highest BCUT2D eigenvalue weighted by molar-refractivity contribution is 5.20. The zero-order valence-electron chi connectivity index (χ0n) is 13.9. The minimum absolute atomic E-state index is 0.0902. The third kappa shape index (κ3) is 4.53. The van der Waals surface area contributed by atoms with E-state index in [-0.39, 0.29) is 11.5 Å². The number of hydrogen-bond donors (Lipinski definition) is 1.